The van der Waals surface area contributed by atoms with Crippen LogP contribution in [-0.2, 0) is 26.0 Å². The zero-order valence-corrected chi connectivity index (χ0v) is 17.8. The van der Waals surface area contributed by atoms with Crippen LogP contribution in [0.5, 0.6) is 5.75 Å². The van der Waals surface area contributed by atoms with Gasteiger partial charge >= 0.3 is 5.97 Å². The summed E-state index contributed by atoms with van der Waals surface area (Å²) in [4.78, 5) is 20.4. The molecule has 0 saturated carbocycles. The number of nitrogens with zero attached hydrogens (tertiary/aromatic N) is 3. The van der Waals surface area contributed by atoms with Gasteiger partial charge in [-0.25, -0.2) is 8.42 Å². The van der Waals surface area contributed by atoms with Gasteiger partial charge in [-0.2, -0.15) is 9.71 Å². The van der Waals surface area contributed by atoms with E-state index in [4.69, 9.17) is 14.0 Å². The van der Waals surface area contributed by atoms with Crippen molar-refractivity contribution in [2.45, 2.75) is 30.7 Å². The lowest BCUT2D eigenvalue weighted by Gasteiger charge is -2.14. The molecule has 2 heterocycles. The maximum absolute atomic E-state index is 12.4. The van der Waals surface area contributed by atoms with Crippen molar-refractivity contribution < 1.29 is 27.2 Å². The third-order valence-electron chi connectivity index (χ3n) is 4.22. The molecule has 0 saturated heterocycles. The summed E-state index contributed by atoms with van der Waals surface area (Å²) < 4.78 is 42.4. The van der Waals surface area contributed by atoms with E-state index in [9.17, 15) is 13.2 Å². The first-order chi connectivity index (χ1) is 14.9. The summed E-state index contributed by atoms with van der Waals surface area (Å²) in [5.41, 5.74) is 0.738. The molecular weight excluding hydrogens is 424 g/mol. The van der Waals surface area contributed by atoms with Crippen LogP contribution >= 0.6 is 0 Å². The highest BCUT2D eigenvalue weighted by Gasteiger charge is 2.23. The average Bonchev–Trinajstić information content (AvgIpc) is 3.26. The summed E-state index contributed by atoms with van der Waals surface area (Å²) in [6.07, 6.45) is 4.13. The van der Waals surface area contributed by atoms with Crippen LogP contribution in [0.4, 0.5) is 0 Å². The van der Waals surface area contributed by atoms with Crippen LogP contribution in [0.3, 0.4) is 0 Å². The van der Waals surface area contributed by atoms with Gasteiger partial charge in [0.25, 0.3) is 0 Å². The largest absolute Gasteiger partial charge is 0.497 e. The van der Waals surface area contributed by atoms with Crippen molar-refractivity contribution in [3.8, 4) is 17.1 Å². The molecule has 1 N–H and O–H groups in total. The summed E-state index contributed by atoms with van der Waals surface area (Å²) in [6, 6.07) is 8.37. The highest BCUT2D eigenvalue weighted by Crippen LogP contribution is 2.16. The maximum Gasteiger partial charge on any atom is 0.323 e. The van der Waals surface area contributed by atoms with Crippen molar-refractivity contribution in [2.24, 2.45) is 0 Å². The van der Waals surface area contributed by atoms with Crippen molar-refractivity contribution in [3.05, 3.63) is 54.7 Å². The molecule has 0 aliphatic carbocycles. The van der Waals surface area contributed by atoms with Gasteiger partial charge in [0, 0.05) is 24.4 Å². The molecule has 3 aromatic rings. The zero-order valence-electron chi connectivity index (χ0n) is 17.0. The lowest BCUT2D eigenvalue weighted by atomic mass is 10.3. The van der Waals surface area contributed by atoms with Crippen molar-refractivity contribution in [3.63, 3.8) is 0 Å². The van der Waals surface area contributed by atoms with Gasteiger partial charge in [0.05, 0.1) is 18.6 Å². The number of sulfonamides is 1. The van der Waals surface area contributed by atoms with Gasteiger partial charge in [-0.3, -0.25) is 9.78 Å². The smallest absolute Gasteiger partial charge is 0.323 e. The van der Waals surface area contributed by atoms with Crippen LogP contribution < -0.4 is 9.46 Å². The monoisotopic (exact) mass is 446 g/mol. The fourth-order valence-electron chi connectivity index (χ4n) is 2.59. The first kappa shape index (κ1) is 22.4. The SMILES string of the molecule is COc1ccc(S(=O)(=O)N[C@@H](C)C(=O)OCCCc2nc(-c3cccnc3)no2)cc1. The van der Waals surface area contributed by atoms with Crippen LogP contribution in [-0.4, -0.2) is 49.3 Å². The van der Waals surface area contributed by atoms with Gasteiger partial charge in [0.2, 0.25) is 21.7 Å². The number of benzene rings is 1. The Balaban J connectivity index is 1.44. The average molecular weight is 446 g/mol. The van der Waals surface area contributed by atoms with Crippen molar-refractivity contribution in [1.29, 1.82) is 0 Å². The van der Waals surface area contributed by atoms with Crippen LogP contribution in [0.15, 0.2) is 58.2 Å². The van der Waals surface area contributed by atoms with Crippen LogP contribution in [0.2, 0.25) is 0 Å². The van der Waals surface area contributed by atoms with E-state index in [0.717, 1.165) is 5.56 Å². The minimum atomic E-state index is -3.87. The molecule has 2 aromatic heterocycles. The number of methoxy groups -OCH3 is 1. The second kappa shape index (κ2) is 10.1. The number of aromatic nitrogens is 3. The van der Waals surface area contributed by atoms with Crippen molar-refractivity contribution in [1.82, 2.24) is 19.8 Å². The number of rotatable bonds is 10. The number of hydrogen-bond acceptors (Lipinski definition) is 9. The molecule has 3 rings (SSSR count). The number of pyridine rings is 1. The number of aryl methyl sites for hydroxylation is 1. The van der Waals surface area contributed by atoms with Crippen LogP contribution in [0, 0.1) is 0 Å². The normalized spacial score (nSPS) is 12.3. The second-order valence-electron chi connectivity index (χ2n) is 6.54. The number of carbonyl (C=O) groups is 1. The van der Waals surface area contributed by atoms with E-state index in [-0.39, 0.29) is 11.5 Å². The highest BCUT2D eigenvalue weighted by atomic mass is 32.2. The van der Waals surface area contributed by atoms with E-state index >= 15 is 0 Å². The molecule has 0 aliphatic heterocycles. The number of hydrogen-bond donors (Lipinski definition) is 1. The molecule has 0 fully saturated rings. The van der Waals surface area contributed by atoms with Crippen LogP contribution in [0.25, 0.3) is 11.4 Å². The molecule has 10 nitrogen and oxygen atoms in total. The first-order valence-corrected chi connectivity index (χ1v) is 10.9. The van der Waals surface area contributed by atoms with Crippen LogP contribution in [0.1, 0.15) is 19.2 Å². The van der Waals surface area contributed by atoms with Crippen molar-refractivity contribution >= 4 is 16.0 Å². The molecule has 0 aliphatic rings. The second-order valence-corrected chi connectivity index (χ2v) is 8.26. The Morgan fingerprint density at radius 2 is 2.00 bits per heavy atom. The summed E-state index contributed by atoms with van der Waals surface area (Å²) in [5.74, 6) is 0.684. The molecule has 1 aromatic carbocycles. The Labute approximate surface area is 179 Å². The molecule has 0 bridgehead atoms. The Kier molecular flexibility index (Phi) is 7.32. The Bertz CT molecular complexity index is 1100. The highest BCUT2D eigenvalue weighted by molar-refractivity contribution is 7.89. The van der Waals surface area contributed by atoms with Gasteiger partial charge in [-0.05, 0) is 49.7 Å². The lowest BCUT2D eigenvalue weighted by molar-refractivity contribution is -0.145. The third-order valence-corrected chi connectivity index (χ3v) is 5.78. The Morgan fingerprint density at radius 1 is 1.23 bits per heavy atom. The Hall–Kier alpha value is -3.31. The molecule has 164 valence electrons. The van der Waals surface area contributed by atoms with E-state index in [0.29, 0.717) is 30.3 Å². The van der Waals surface area contributed by atoms with Crippen molar-refractivity contribution in [2.75, 3.05) is 13.7 Å². The van der Waals surface area contributed by atoms with E-state index in [1.165, 1.54) is 38.3 Å². The van der Waals surface area contributed by atoms with E-state index in [1.807, 2.05) is 6.07 Å². The molecule has 0 radical (unpaired) electrons. The van der Waals surface area contributed by atoms with E-state index in [1.54, 1.807) is 18.5 Å². The predicted molar refractivity (Wildman–Crippen MR) is 110 cm³/mol. The number of carbonyl (C=O) groups excluding carboxylic acids is 1. The van der Waals surface area contributed by atoms with Gasteiger partial charge in [-0.1, -0.05) is 5.16 Å². The predicted octanol–water partition coefficient (Wildman–Crippen LogP) is 1.98. The topological polar surface area (TPSA) is 134 Å². The minimum absolute atomic E-state index is 0.0220. The lowest BCUT2D eigenvalue weighted by Crippen LogP contribution is -2.39. The summed E-state index contributed by atoms with van der Waals surface area (Å²) in [7, 11) is -2.39. The zero-order chi connectivity index (χ0) is 22.3. The molecule has 0 amide bonds. The molecule has 0 unspecified atom stereocenters. The summed E-state index contributed by atoms with van der Waals surface area (Å²) in [5, 5.41) is 3.89. The number of esters is 1. The molecule has 1 atom stereocenters. The first-order valence-electron chi connectivity index (χ1n) is 9.45. The summed E-state index contributed by atoms with van der Waals surface area (Å²) in [6.45, 7) is 1.50. The number of ether oxygens (including phenoxy) is 2. The maximum atomic E-state index is 12.4. The minimum Gasteiger partial charge on any atom is -0.497 e. The van der Waals surface area contributed by atoms with Gasteiger partial charge in [-0.15, -0.1) is 0 Å². The number of nitrogens with one attached hydrogen (secondary N) is 1. The molecule has 31 heavy (non-hydrogen) atoms. The summed E-state index contributed by atoms with van der Waals surface area (Å²) >= 11 is 0. The molecule has 0 spiro atoms. The standard InChI is InChI=1S/C20H22N4O6S/c1-14(24-31(26,27)17-9-7-16(28-2)8-10-17)20(25)29-12-4-6-18-22-19(23-30-18)15-5-3-11-21-13-15/h3,5,7-11,13-14,24H,4,6,12H2,1-2H3/t14-/m0/s1. The fraction of sp³-hybridized carbons (Fsp3) is 0.300. The fourth-order valence-corrected chi connectivity index (χ4v) is 3.79. The van der Waals surface area contributed by atoms with Gasteiger partial charge in [0.1, 0.15) is 11.8 Å². The van der Waals surface area contributed by atoms with E-state index < -0.39 is 22.0 Å². The molecular formula is C20H22N4O6S. The Morgan fingerprint density at radius 3 is 2.68 bits per heavy atom. The van der Waals surface area contributed by atoms with Gasteiger partial charge in [0.15, 0.2) is 0 Å². The third kappa shape index (κ3) is 6.09. The quantitative estimate of drug-likeness (QED) is 0.366. The van der Waals surface area contributed by atoms with E-state index in [2.05, 4.69) is 19.8 Å². The van der Waals surface area contributed by atoms with Gasteiger partial charge < -0.3 is 14.0 Å². The molecule has 11 heteroatoms.